The zero-order chi connectivity index (χ0) is 15.1. The number of non-ortho nitro benzene ring substituents is 1. The van der Waals surface area contributed by atoms with Crippen molar-refractivity contribution in [2.24, 2.45) is 0 Å². The molecule has 0 bridgehead atoms. The third-order valence-electron chi connectivity index (χ3n) is 3.29. The summed E-state index contributed by atoms with van der Waals surface area (Å²) in [6, 6.07) is 8.02. The third kappa shape index (κ3) is 2.16. The molecule has 7 heteroatoms. The van der Waals surface area contributed by atoms with E-state index in [0.29, 0.717) is 10.9 Å². The Kier molecular flexibility index (Phi) is 3.35. The Morgan fingerprint density at radius 3 is 2.71 bits per heavy atom. The highest BCUT2D eigenvalue weighted by atomic mass is 35.5. The molecule has 0 radical (unpaired) electrons. The molecule has 0 fully saturated rings. The van der Waals surface area contributed by atoms with Gasteiger partial charge in [0.2, 0.25) is 0 Å². The summed E-state index contributed by atoms with van der Waals surface area (Å²) in [6.45, 7) is 0. The average molecular weight is 321 g/mol. The molecule has 21 heavy (non-hydrogen) atoms. The number of fused-ring (bicyclic) bond motifs is 2. The van der Waals surface area contributed by atoms with Crippen LogP contribution in [0.2, 0.25) is 5.02 Å². The Morgan fingerprint density at radius 2 is 2.05 bits per heavy atom. The molecule has 0 aliphatic carbocycles. The van der Waals surface area contributed by atoms with Crippen molar-refractivity contribution in [3.05, 3.63) is 55.7 Å². The van der Waals surface area contributed by atoms with Gasteiger partial charge in [0.05, 0.1) is 20.8 Å². The van der Waals surface area contributed by atoms with Crippen molar-refractivity contribution in [3.63, 3.8) is 0 Å². The quantitative estimate of drug-likeness (QED) is 0.335. The van der Waals surface area contributed by atoms with Gasteiger partial charge in [0.25, 0.3) is 5.69 Å². The number of hydrogen-bond donors (Lipinski definition) is 1. The van der Waals surface area contributed by atoms with Gasteiger partial charge in [-0.2, -0.15) is 0 Å². The number of nitrogens with one attached hydrogen (secondary N) is 1. The molecule has 3 rings (SSSR count). The van der Waals surface area contributed by atoms with Gasteiger partial charge in [-0.05, 0) is 30.5 Å². The number of thioether (sulfide) groups is 1. The van der Waals surface area contributed by atoms with Gasteiger partial charge >= 0.3 is 0 Å². The molecule has 1 heterocycles. The fourth-order valence-corrected chi connectivity index (χ4v) is 2.97. The minimum atomic E-state index is -0.531. The molecule has 2 aromatic carbocycles. The lowest BCUT2D eigenvalue weighted by Crippen LogP contribution is -2.06. The lowest BCUT2D eigenvalue weighted by Gasteiger charge is -2.06. The Hall–Kier alpha value is -2.05. The number of halogens is 1. The van der Waals surface area contributed by atoms with Crippen molar-refractivity contribution < 1.29 is 4.92 Å². The van der Waals surface area contributed by atoms with Crippen molar-refractivity contribution in [2.45, 2.75) is 4.90 Å². The van der Waals surface area contributed by atoms with Crippen LogP contribution in [0.5, 0.6) is 0 Å². The minimum absolute atomic E-state index is 0.150. The van der Waals surface area contributed by atoms with Gasteiger partial charge in [0.1, 0.15) is 5.52 Å². The number of nitro benzene ring substituents is 1. The minimum Gasteiger partial charge on any atom is -0.349 e. The number of aromatic amines is 1. The highest BCUT2D eigenvalue weighted by Crippen LogP contribution is 2.30. The van der Waals surface area contributed by atoms with E-state index in [2.05, 4.69) is 4.98 Å². The van der Waals surface area contributed by atoms with Crippen LogP contribution in [-0.4, -0.2) is 16.2 Å². The molecule has 0 amide bonds. The first-order valence-electron chi connectivity index (χ1n) is 5.99. The number of nitrogens with zero attached hydrogens (tertiary/aromatic N) is 1. The molecule has 0 aliphatic heterocycles. The van der Waals surface area contributed by atoms with Crippen LogP contribution in [0.3, 0.4) is 0 Å². The van der Waals surface area contributed by atoms with E-state index >= 15 is 0 Å². The fourth-order valence-electron chi connectivity index (χ4n) is 2.28. The van der Waals surface area contributed by atoms with Gasteiger partial charge < -0.3 is 4.98 Å². The van der Waals surface area contributed by atoms with Gasteiger partial charge in [0, 0.05) is 16.3 Å². The summed E-state index contributed by atoms with van der Waals surface area (Å²) < 4.78 is 0. The molecule has 0 spiro atoms. The molecule has 0 unspecified atom stereocenters. The van der Waals surface area contributed by atoms with Crippen LogP contribution in [-0.2, 0) is 0 Å². The molecule has 0 atom stereocenters. The molecule has 0 saturated heterocycles. The van der Waals surface area contributed by atoms with Crippen LogP contribution in [0, 0.1) is 10.1 Å². The number of aromatic nitrogens is 1. The second-order valence-corrected chi connectivity index (χ2v) is 5.73. The van der Waals surface area contributed by atoms with Crippen LogP contribution >= 0.6 is 23.4 Å². The molecule has 106 valence electrons. The SMILES string of the molecule is CSc1ccc2[nH]c3c([N+](=O)[O-])ccc(Cl)c3c(=O)c2c1. The number of pyridine rings is 1. The van der Waals surface area contributed by atoms with Gasteiger partial charge in [0.15, 0.2) is 5.43 Å². The highest BCUT2D eigenvalue weighted by molar-refractivity contribution is 7.98. The Labute approximate surface area is 128 Å². The van der Waals surface area contributed by atoms with E-state index < -0.39 is 4.92 Å². The van der Waals surface area contributed by atoms with Gasteiger partial charge in [-0.25, -0.2) is 0 Å². The summed E-state index contributed by atoms with van der Waals surface area (Å²) in [5.74, 6) is 0. The first kappa shape index (κ1) is 13.9. The van der Waals surface area contributed by atoms with Crippen LogP contribution in [0.15, 0.2) is 40.0 Å². The first-order chi connectivity index (χ1) is 10.0. The van der Waals surface area contributed by atoms with E-state index in [1.165, 1.54) is 23.9 Å². The van der Waals surface area contributed by atoms with Crippen molar-refractivity contribution in [1.29, 1.82) is 0 Å². The number of nitro groups is 1. The third-order valence-corrected chi connectivity index (χ3v) is 4.33. The Bertz CT molecular complexity index is 952. The van der Waals surface area contributed by atoms with E-state index in [9.17, 15) is 14.9 Å². The second-order valence-electron chi connectivity index (χ2n) is 4.44. The number of benzene rings is 2. The molecular weight excluding hydrogens is 312 g/mol. The lowest BCUT2D eigenvalue weighted by atomic mass is 10.1. The largest absolute Gasteiger partial charge is 0.349 e. The predicted octanol–water partition coefficient (Wildman–Crippen LogP) is 3.96. The summed E-state index contributed by atoms with van der Waals surface area (Å²) in [5, 5.41) is 11.9. The zero-order valence-corrected chi connectivity index (χ0v) is 12.4. The van der Waals surface area contributed by atoms with Crippen molar-refractivity contribution in [2.75, 3.05) is 6.26 Å². The molecular formula is C14H9ClN2O3S. The fraction of sp³-hybridized carbons (Fsp3) is 0.0714. The van der Waals surface area contributed by atoms with Crippen LogP contribution < -0.4 is 5.43 Å². The van der Waals surface area contributed by atoms with Gasteiger partial charge in [-0.3, -0.25) is 14.9 Å². The van der Waals surface area contributed by atoms with Crippen LogP contribution in [0.1, 0.15) is 0 Å². The van der Waals surface area contributed by atoms with E-state index in [0.717, 1.165) is 4.90 Å². The van der Waals surface area contributed by atoms with Gasteiger partial charge in [-0.15, -0.1) is 11.8 Å². The molecule has 0 aliphatic rings. The van der Waals surface area contributed by atoms with Gasteiger partial charge in [-0.1, -0.05) is 11.6 Å². The first-order valence-corrected chi connectivity index (χ1v) is 7.60. The number of rotatable bonds is 2. The standard InChI is InChI=1S/C14H9ClN2O3S/c1-21-7-2-4-10-8(6-7)14(18)12-9(15)3-5-11(17(19)20)13(12)16-10/h2-6H,1H3,(H,16,18). The van der Waals surface area contributed by atoms with Crippen molar-refractivity contribution in [3.8, 4) is 0 Å². The maximum absolute atomic E-state index is 12.6. The number of H-pyrrole nitrogens is 1. The van der Waals surface area contributed by atoms with E-state index in [1.807, 2.05) is 12.3 Å². The maximum Gasteiger partial charge on any atom is 0.293 e. The topological polar surface area (TPSA) is 76.0 Å². The Morgan fingerprint density at radius 1 is 1.29 bits per heavy atom. The van der Waals surface area contributed by atoms with E-state index in [-0.39, 0.29) is 27.0 Å². The van der Waals surface area contributed by atoms with Crippen LogP contribution in [0.25, 0.3) is 21.8 Å². The Balaban J connectivity index is 2.55. The lowest BCUT2D eigenvalue weighted by molar-refractivity contribution is -0.383. The molecule has 1 N–H and O–H groups in total. The molecule has 1 aromatic heterocycles. The maximum atomic E-state index is 12.6. The summed E-state index contributed by atoms with van der Waals surface area (Å²) in [4.78, 5) is 27.1. The zero-order valence-electron chi connectivity index (χ0n) is 10.8. The molecule has 5 nitrogen and oxygen atoms in total. The highest BCUT2D eigenvalue weighted by Gasteiger charge is 2.18. The van der Waals surface area contributed by atoms with E-state index in [4.69, 9.17) is 11.6 Å². The second kappa shape index (κ2) is 5.05. The normalized spacial score (nSPS) is 11.1. The average Bonchev–Trinajstić information content (AvgIpc) is 2.46. The van der Waals surface area contributed by atoms with E-state index in [1.54, 1.807) is 12.1 Å². The predicted molar refractivity (Wildman–Crippen MR) is 85.5 cm³/mol. The van der Waals surface area contributed by atoms with Crippen LogP contribution in [0.4, 0.5) is 5.69 Å². The molecule has 0 saturated carbocycles. The smallest absolute Gasteiger partial charge is 0.293 e. The summed E-state index contributed by atoms with van der Waals surface area (Å²) in [7, 11) is 0. The van der Waals surface area contributed by atoms with Crippen molar-refractivity contribution in [1.82, 2.24) is 4.98 Å². The monoisotopic (exact) mass is 320 g/mol. The molecule has 3 aromatic rings. The number of hydrogen-bond acceptors (Lipinski definition) is 4. The summed E-state index contributed by atoms with van der Waals surface area (Å²) in [6.07, 6.45) is 1.91. The summed E-state index contributed by atoms with van der Waals surface area (Å²) in [5.41, 5.74) is 0.239. The summed E-state index contributed by atoms with van der Waals surface area (Å²) >= 11 is 7.58. The van der Waals surface area contributed by atoms with Crippen molar-refractivity contribution >= 4 is 50.9 Å².